The maximum Gasteiger partial charge on any atom is 0.407 e. The molecule has 0 saturated carbocycles. The molecule has 2 aromatic carbocycles. The minimum absolute atomic E-state index is 0.0687. The number of hydrogen-bond donors (Lipinski definition) is 5. The number of likely N-dealkylation sites (tertiary alicyclic amines) is 1. The summed E-state index contributed by atoms with van der Waals surface area (Å²) in [6, 6.07) is 11.7. The van der Waals surface area contributed by atoms with E-state index in [0.717, 1.165) is 22.3 Å². The highest BCUT2D eigenvalue weighted by Gasteiger charge is 2.38. The molecule has 1 saturated heterocycles. The van der Waals surface area contributed by atoms with Gasteiger partial charge in [0.2, 0.25) is 17.7 Å². The molecule has 5 amide bonds. The summed E-state index contributed by atoms with van der Waals surface area (Å²) in [5.41, 5.74) is 3.62. The quantitative estimate of drug-likeness (QED) is 0.182. The number of unbranched alkanes of at least 4 members (excludes halogenated alkanes) is 1. The van der Waals surface area contributed by atoms with Crippen molar-refractivity contribution in [2.45, 2.75) is 102 Å². The van der Waals surface area contributed by atoms with Crippen LogP contribution in [-0.4, -0.2) is 95.3 Å². The van der Waals surface area contributed by atoms with E-state index in [-0.39, 0.29) is 32.0 Å². The second-order valence-electron chi connectivity index (χ2n) is 13.9. The molecule has 4 atom stereocenters. The van der Waals surface area contributed by atoms with E-state index in [1.165, 1.54) is 18.7 Å². The molecule has 2 aromatic rings. The fraction of sp³-hybridized carbons (Fsp3) is 0.514. The van der Waals surface area contributed by atoms with E-state index in [9.17, 15) is 33.9 Å². The number of hydrogen-bond acceptors (Lipinski definition) is 8. The Hall–Kier alpha value is -5.14. The van der Waals surface area contributed by atoms with Gasteiger partial charge in [0.25, 0.3) is 0 Å². The highest BCUT2D eigenvalue weighted by molar-refractivity contribution is 5.94. The summed E-state index contributed by atoms with van der Waals surface area (Å²) in [6.07, 6.45) is 0.516. The average Bonchev–Trinajstić information content (AvgIpc) is 3.69. The van der Waals surface area contributed by atoms with Crippen molar-refractivity contribution in [1.82, 2.24) is 26.2 Å². The van der Waals surface area contributed by atoms with Gasteiger partial charge in [0.1, 0.15) is 36.4 Å². The number of nitrogens with one attached hydrogen (secondary N) is 4. The van der Waals surface area contributed by atoms with E-state index in [1.54, 1.807) is 20.8 Å². The van der Waals surface area contributed by atoms with Gasteiger partial charge in [-0.1, -0.05) is 48.5 Å². The van der Waals surface area contributed by atoms with Crippen molar-refractivity contribution in [2.24, 2.45) is 0 Å². The van der Waals surface area contributed by atoms with Gasteiger partial charge in [-0.15, -0.1) is 0 Å². The van der Waals surface area contributed by atoms with Gasteiger partial charge in [-0.25, -0.2) is 14.4 Å². The fourth-order valence-electron chi connectivity index (χ4n) is 6.31. The standard InChI is InChI=1S/C37H49N5O9/c1-22(39-31(43)23(2)40-36(49)50-21-28-26-15-8-6-13-24(26)25-14-7-9-16-27(25)28)32(44)41-29(33(45)42-20-12-18-30(42)34(46)47)17-10-11-19-38-35(48)51-37(3,4)5/h6-9,13-16,22-23,28-30H,10-12,17-21H2,1-5H3,(H,38,48)(H,39,43)(H,40,49)(H,41,44)(H,46,47)/t22-,23-,29-,30-/m0/s1. The highest BCUT2D eigenvalue weighted by atomic mass is 16.6. The molecule has 14 nitrogen and oxygen atoms in total. The number of aliphatic carboxylic acids is 1. The fourth-order valence-corrected chi connectivity index (χ4v) is 6.31. The predicted octanol–water partition coefficient (Wildman–Crippen LogP) is 3.67. The summed E-state index contributed by atoms with van der Waals surface area (Å²) < 4.78 is 10.8. The average molecular weight is 708 g/mol. The Kier molecular flexibility index (Phi) is 13.0. The third kappa shape index (κ3) is 10.4. The number of amides is 5. The minimum Gasteiger partial charge on any atom is -0.480 e. The van der Waals surface area contributed by atoms with Crippen LogP contribution in [0.15, 0.2) is 48.5 Å². The van der Waals surface area contributed by atoms with E-state index >= 15 is 0 Å². The van der Waals surface area contributed by atoms with Crippen LogP contribution in [0.5, 0.6) is 0 Å². The van der Waals surface area contributed by atoms with Gasteiger partial charge in [-0.05, 0) is 89.0 Å². The van der Waals surface area contributed by atoms with E-state index in [0.29, 0.717) is 25.7 Å². The van der Waals surface area contributed by atoms with Gasteiger partial charge in [0.05, 0.1) is 0 Å². The normalized spacial score (nSPS) is 16.9. The Labute approximate surface area is 298 Å². The number of carboxylic acid groups (broad SMARTS) is 1. The van der Waals surface area contributed by atoms with Crippen molar-refractivity contribution in [3.05, 3.63) is 59.7 Å². The largest absolute Gasteiger partial charge is 0.480 e. The van der Waals surface area contributed by atoms with Crippen molar-refractivity contribution >= 4 is 35.9 Å². The Bertz CT molecular complexity index is 1560. The molecule has 1 aliphatic carbocycles. The molecule has 1 fully saturated rings. The van der Waals surface area contributed by atoms with Crippen LogP contribution in [0.1, 0.15) is 83.8 Å². The van der Waals surface area contributed by atoms with Gasteiger partial charge >= 0.3 is 18.2 Å². The molecule has 0 spiro atoms. The lowest BCUT2D eigenvalue weighted by atomic mass is 9.98. The zero-order valence-corrected chi connectivity index (χ0v) is 29.8. The van der Waals surface area contributed by atoms with Crippen molar-refractivity contribution in [2.75, 3.05) is 19.7 Å². The van der Waals surface area contributed by atoms with Gasteiger partial charge in [-0.3, -0.25) is 14.4 Å². The third-order valence-electron chi connectivity index (χ3n) is 8.85. The maximum atomic E-state index is 13.5. The molecule has 1 aliphatic heterocycles. The number of nitrogens with zero attached hydrogens (tertiary/aromatic N) is 1. The lowest BCUT2D eigenvalue weighted by Crippen LogP contribution is -2.56. The van der Waals surface area contributed by atoms with Crippen LogP contribution in [0.25, 0.3) is 11.1 Å². The van der Waals surface area contributed by atoms with Crippen LogP contribution >= 0.6 is 0 Å². The highest BCUT2D eigenvalue weighted by Crippen LogP contribution is 2.44. The molecular formula is C37H49N5O9. The second-order valence-corrected chi connectivity index (χ2v) is 13.9. The number of carbonyl (C=O) groups excluding carboxylic acids is 5. The zero-order valence-electron chi connectivity index (χ0n) is 29.8. The van der Waals surface area contributed by atoms with Crippen molar-refractivity contribution in [3.63, 3.8) is 0 Å². The number of benzene rings is 2. The topological polar surface area (TPSA) is 192 Å². The summed E-state index contributed by atoms with van der Waals surface area (Å²) in [5, 5.41) is 20.0. The number of carboxylic acids is 1. The van der Waals surface area contributed by atoms with Crippen LogP contribution in [0.2, 0.25) is 0 Å². The Balaban J connectivity index is 1.28. The van der Waals surface area contributed by atoms with Gasteiger partial charge in [0.15, 0.2) is 0 Å². The monoisotopic (exact) mass is 707 g/mol. The third-order valence-corrected chi connectivity index (χ3v) is 8.85. The summed E-state index contributed by atoms with van der Waals surface area (Å²) in [7, 11) is 0. The van der Waals surface area contributed by atoms with Crippen molar-refractivity contribution < 1.29 is 43.3 Å². The second kappa shape index (κ2) is 17.2. The molecule has 0 unspecified atom stereocenters. The zero-order chi connectivity index (χ0) is 37.3. The number of alkyl carbamates (subject to hydrolysis) is 2. The molecular weight excluding hydrogens is 658 g/mol. The molecule has 5 N–H and O–H groups in total. The number of rotatable bonds is 14. The first-order valence-electron chi connectivity index (χ1n) is 17.4. The van der Waals surface area contributed by atoms with E-state index < -0.39 is 65.6 Å². The van der Waals surface area contributed by atoms with Crippen LogP contribution in [0.3, 0.4) is 0 Å². The lowest BCUT2D eigenvalue weighted by Gasteiger charge is -2.28. The predicted molar refractivity (Wildman–Crippen MR) is 188 cm³/mol. The first-order chi connectivity index (χ1) is 24.2. The van der Waals surface area contributed by atoms with Crippen LogP contribution in [0, 0.1) is 0 Å². The summed E-state index contributed by atoms with van der Waals surface area (Å²) in [5.74, 6) is -3.11. The molecule has 0 bridgehead atoms. The molecule has 51 heavy (non-hydrogen) atoms. The molecule has 1 heterocycles. The van der Waals surface area contributed by atoms with E-state index in [4.69, 9.17) is 9.47 Å². The van der Waals surface area contributed by atoms with Gasteiger partial charge in [0, 0.05) is 19.0 Å². The number of fused-ring (bicyclic) bond motifs is 3. The Morgan fingerprint density at radius 3 is 2.04 bits per heavy atom. The Morgan fingerprint density at radius 1 is 0.843 bits per heavy atom. The smallest absolute Gasteiger partial charge is 0.407 e. The lowest BCUT2D eigenvalue weighted by molar-refractivity contribution is -0.149. The SMILES string of the molecule is C[C@H](NC(=O)OCC1c2ccccc2-c2ccccc21)C(=O)N[C@@H](C)C(=O)N[C@@H](CCCCNC(=O)OC(C)(C)C)C(=O)N1CCC[C@H]1C(=O)O. The van der Waals surface area contributed by atoms with E-state index in [1.807, 2.05) is 48.5 Å². The van der Waals surface area contributed by atoms with E-state index in [2.05, 4.69) is 21.3 Å². The van der Waals surface area contributed by atoms with Crippen LogP contribution < -0.4 is 21.3 Å². The van der Waals surface area contributed by atoms with Gasteiger partial charge < -0.3 is 40.7 Å². The molecule has 14 heteroatoms. The van der Waals surface area contributed by atoms with Crippen LogP contribution in [-0.2, 0) is 28.7 Å². The van der Waals surface area contributed by atoms with Crippen molar-refractivity contribution in [1.29, 1.82) is 0 Å². The molecule has 2 aliphatic rings. The molecule has 4 rings (SSSR count). The first-order valence-corrected chi connectivity index (χ1v) is 17.4. The first kappa shape index (κ1) is 38.7. The summed E-state index contributed by atoms with van der Waals surface area (Å²) in [6.45, 7) is 8.73. The summed E-state index contributed by atoms with van der Waals surface area (Å²) >= 11 is 0. The summed E-state index contributed by atoms with van der Waals surface area (Å²) in [4.78, 5) is 77.4. The van der Waals surface area contributed by atoms with Crippen LogP contribution in [0.4, 0.5) is 9.59 Å². The van der Waals surface area contributed by atoms with Crippen molar-refractivity contribution in [3.8, 4) is 11.1 Å². The number of carbonyl (C=O) groups is 6. The Morgan fingerprint density at radius 2 is 1.43 bits per heavy atom. The number of ether oxygens (including phenoxy) is 2. The molecule has 276 valence electrons. The molecule has 0 radical (unpaired) electrons. The minimum atomic E-state index is -1.12. The maximum absolute atomic E-state index is 13.5. The molecule has 0 aromatic heterocycles. The van der Waals surface area contributed by atoms with Gasteiger partial charge in [-0.2, -0.15) is 0 Å².